The third kappa shape index (κ3) is 2.87. The molecule has 5 heteroatoms. The van der Waals surface area contributed by atoms with Gasteiger partial charge in [-0.3, -0.25) is 4.79 Å². The van der Waals surface area contributed by atoms with Crippen molar-refractivity contribution in [3.8, 4) is 0 Å². The van der Waals surface area contributed by atoms with Gasteiger partial charge < -0.3 is 15.4 Å². The van der Waals surface area contributed by atoms with Crippen LogP contribution in [0.25, 0.3) is 0 Å². The number of hydrogen-bond donors (Lipinski definition) is 1. The molecular weight excluding hydrogens is 160 g/mol. The Hall–Kier alpha value is -1.10. The van der Waals surface area contributed by atoms with Gasteiger partial charge in [0.15, 0.2) is 6.04 Å². The number of carbonyl (C=O) groups excluding carboxylic acids is 2. The Balaban J connectivity index is 4.10. The summed E-state index contributed by atoms with van der Waals surface area (Å²) in [5.41, 5.74) is 5.28. The smallest absolute Gasteiger partial charge is 0.332 e. The largest absolute Gasteiger partial charge is 0.464 e. The summed E-state index contributed by atoms with van der Waals surface area (Å²) in [6.07, 6.45) is 0. The molecule has 0 aromatic rings. The number of rotatable bonds is 3. The Bertz CT molecular complexity index is 179. The van der Waals surface area contributed by atoms with Crippen molar-refractivity contribution in [2.75, 3.05) is 20.7 Å². The summed E-state index contributed by atoms with van der Waals surface area (Å²) in [4.78, 5) is 23.2. The highest BCUT2D eigenvalue weighted by Gasteiger charge is 2.24. The molecule has 1 atom stereocenters. The van der Waals surface area contributed by atoms with Gasteiger partial charge in [0, 0.05) is 14.1 Å². The van der Waals surface area contributed by atoms with Crippen molar-refractivity contribution in [2.24, 2.45) is 5.73 Å². The van der Waals surface area contributed by atoms with Crippen LogP contribution in [0, 0.1) is 0 Å². The van der Waals surface area contributed by atoms with E-state index in [2.05, 4.69) is 4.74 Å². The van der Waals surface area contributed by atoms with Gasteiger partial charge in [-0.15, -0.1) is 0 Å². The number of carbonyl (C=O) groups is 2. The zero-order valence-electron chi connectivity index (χ0n) is 7.53. The van der Waals surface area contributed by atoms with Crippen LogP contribution in [0.15, 0.2) is 0 Å². The maximum atomic E-state index is 11.1. The molecule has 1 unspecified atom stereocenters. The molecule has 12 heavy (non-hydrogen) atoms. The lowest BCUT2D eigenvalue weighted by molar-refractivity contribution is -0.150. The molecule has 0 aliphatic carbocycles. The van der Waals surface area contributed by atoms with E-state index in [1.165, 1.54) is 19.0 Å². The monoisotopic (exact) mass is 174 g/mol. The van der Waals surface area contributed by atoms with E-state index in [9.17, 15) is 9.59 Å². The van der Waals surface area contributed by atoms with Crippen LogP contribution in [-0.2, 0) is 14.3 Å². The fourth-order valence-electron chi connectivity index (χ4n) is 0.611. The lowest BCUT2D eigenvalue weighted by atomic mass is 10.3. The Morgan fingerprint density at radius 2 is 2.00 bits per heavy atom. The number of amides is 1. The van der Waals surface area contributed by atoms with E-state index >= 15 is 0 Å². The minimum Gasteiger partial charge on any atom is -0.464 e. The second kappa shape index (κ2) is 4.71. The average molecular weight is 174 g/mol. The molecule has 0 aliphatic rings. The normalized spacial score (nSPS) is 12.0. The molecule has 1 amide bonds. The van der Waals surface area contributed by atoms with Gasteiger partial charge in [-0.05, 0) is 6.92 Å². The summed E-state index contributed by atoms with van der Waals surface area (Å²) < 4.78 is 4.56. The van der Waals surface area contributed by atoms with Crippen molar-refractivity contribution >= 4 is 11.9 Å². The first-order chi connectivity index (χ1) is 5.50. The van der Waals surface area contributed by atoms with Crippen LogP contribution >= 0.6 is 0 Å². The highest BCUT2D eigenvalue weighted by Crippen LogP contribution is 1.90. The minimum absolute atomic E-state index is 0.229. The molecule has 0 rings (SSSR count). The first kappa shape index (κ1) is 10.9. The van der Waals surface area contributed by atoms with E-state index in [0.717, 1.165) is 0 Å². The summed E-state index contributed by atoms with van der Waals surface area (Å²) in [5, 5.41) is 0. The summed E-state index contributed by atoms with van der Waals surface area (Å²) in [6, 6.07) is -1.19. The number of ether oxygens (including phenoxy) is 1. The van der Waals surface area contributed by atoms with E-state index in [4.69, 9.17) is 5.73 Å². The third-order valence-electron chi connectivity index (χ3n) is 1.25. The highest BCUT2D eigenvalue weighted by atomic mass is 16.5. The molecule has 0 radical (unpaired) electrons. The van der Waals surface area contributed by atoms with Crippen LogP contribution in [-0.4, -0.2) is 43.5 Å². The molecule has 0 heterocycles. The lowest BCUT2D eigenvalue weighted by Gasteiger charge is -2.14. The van der Waals surface area contributed by atoms with Gasteiger partial charge in [0.25, 0.3) is 5.91 Å². The van der Waals surface area contributed by atoms with Gasteiger partial charge in [-0.2, -0.15) is 0 Å². The fraction of sp³-hybridized carbons (Fsp3) is 0.714. The van der Waals surface area contributed by atoms with E-state index < -0.39 is 17.9 Å². The Morgan fingerprint density at radius 3 is 2.33 bits per heavy atom. The Kier molecular flexibility index (Phi) is 4.28. The minimum atomic E-state index is -1.19. The number of esters is 1. The molecule has 70 valence electrons. The van der Waals surface area contributed by atoms with E-state index in [1.807, 2.05) is 0 Å². The van der Waals surface area contributed by atoms with E-state index in [0.29, 0.717) is 0 Å². The van der Waals surface area contributed by atoms with Gasteiger partial charge in [0.1, 0.15) is 0 Å². The quantitative estimate of drug-likeness (QED) is 0.438. The van der Waals surface area contributed by atoms with Gasteiger partial charge >= 0.3 is 5.97 Å². The van der Waals surface area contributed by atoms with Crippen molar-refractivity contribution in [1.29, 1.82) is 0 Å². The standard InChI is InChI=1S/C7H14N2O3/c1-4-12-7(11)5(8)6(10)9(2)3/h5H,4,8H2,1-3H3. The molecular formula is C7H14N2O3. The topological polar surface area (TPSA) is 72.6 Å². The maximum absolute atomic E-state index is 11.1. The van der Waals surface area contributed by atoms with E-state index in [-0.39, 0.29) is 6.61 Å². The van der Waals surface area contributed by atoms with Crippen molar-refractivity contribution in [1.82, 2.24) is 4.90 Å². The molecule has 0 saturated carbocycles. The molecule has 0 saturated heterocycles. The van der Waals surface area contributed by atoms with Crippen LogP contribution in [0.2, 0.25) is 0 Å². The Labute approximate surface area is 71.5 Å². The molecule has 0 aliphatic heterocycles. The van der Waals surface area contributed by atoms with Crippen LogP contribution in [0.5, 0.6) is 0 Å². The molecule has 0 fully saturated rings. The molecule has 5 nitrogen and oxygen atoms in total. The number of nitrogens with two attached hydrogens (primary N) is 1. The van der Waals surface area contributed by atoms with Crippen molar-refractivity contribution in [2.45, 2.75) is 13.0 Å². The number of hydrogen-bond acceptors (Lipinski definition) is 4. The average Bonchev–Trinajstić information content (AvgIpc) is 2.02. The van der Waals surface area contributed by atoms with Crippen LogP contribution in [0.1, 0.15) is 6.92 Å². The number of likely N-dealkylation sites (N-methyl/N-ethyl adjacent to an activating group) is 1. The van der Waals surface area contributed by atoms with Gasteiger partial charge in [0.05, 0.1) is 6.61 Å². The predicted octanol–water partition coefficient (Wildman–Crippen LogP) is -1.03. The first-order valence-electron chi connectivity index (χ1n) is 3.64. The lowest BCUT2D eigenvalue weighted by Crippen LogP contribution is -2.46. The molecule has 0 bridgehead atoms. The first-order valence-corrected chi connectivity index (χ1v) is 3.64. The van der Waals surface area contributed by atoms with Crippen LogP contribution in [0.3, 0.4) is 0 Å². The molecule has 0 aromatic heterocycles. The maximum Gasteiger partial charge on any atom is 0.332 e. The third-order valence-corrected chi connectivity index (χ3v) is 1.25. The van der Waals surface area contributed by atoms with Gasteiger partial charge in [-0.25, -0.2) is 4.79 Å². The van der Waals surface area contributed by atoms with Crippen LogP contribution in [0.4, 0.5) is 0 Å². The summed E-state index contributed by atoms with van der Waals surface area (Å²) >= 11 is 0. The second-order valence-electron chi connectivity index (χ2n) is 2.46. The van der Waals surface area contributed by atoms with Gasteiger partial charge in [0.2, 0.25) is 0 Å². The fourth-order valence-corrected chi connectivity index (χ4v) is 0.611. The number of nitrogens with zero attached hydrogens (tertiary/aromatic N) is 1. The summed E-state index contributed by atoms with van der Waals surface area (Å²) in [5.74, 6) is -1.13. The predicted molar refractivity (Wildman–Crippen MR) is 43.3 cm³/mol. The zero-order chi connectivity index (χ0) is 9.72. The second-order valence-corrected chi connectivity index (χ2v) is 2.46. The highest BCUT2D eigenvalue weighted by molar-refractivity contribution is 6.01. The van der Waals surface area contributed by atoms with Crippen molar-refractivity contribution in [3.05, 3.63) is 0 Å². The Morgan fingerprint density at radius 1 is 1.50 bits per heavy atom. The summed E-state index contributed by atoms with van der Waals surface area (Å²) in [7, 11) is 3.06. The SMILES string of the molecule is CCOC(=O)C(N)C(=O)N(C)C. The van der Waals surface area contributed by atoms with E-state index in [1.54, 1.807) is 6.92 Å². The van der Waals surface area contributed by atoms with Crippen LogP contribution < -0.4 is 5.73 Å². The molecule has 2 N–H and O–H groups in total. The molecule has 0 spiro atoms. The molecule has 0 aromatic carbocycles. The van der Waals surface area contributed by atoms with Crippen molar-refractivity contribution in [3.63, 3.8) is 0 Å². The zero-order valence-corrected chi connectivity index (χ0v) is 7.53. The van der Waals surface area contributed by atoms with Crippen molar-refractivity contribution < 1.29 is 14.3 Å². The summed E-state index contributed by atoms with van der Waals surface area (Å²) in [6.45, 7) is 1.89. The van der Waals surface area contributed by atoms with Gasteiger partial charge in [-0.1, -0.05) is 0 Å².